The van der Waals surface area contributed by atoms with Crippen LogP contribution in [0.5, 0.6) is 0 Å². The summed E-state index contributed by atoms with van der Waals surface area (Å²) >= 11 is 0. The average molecular weight is 327 g/mol. The first-order chi connectivity index (χ1) is 11.6. The second-order valence-electron chi connectivity index (χ2n) is 7.09. The Morgan fingerprint density at radius 3 is 2.79 bits per heavy atom. The Labute approximate surface area is 145 Å². The van der Waals surface area contributed by atoms with E-state index in [-0.39, 0.29) is 0 Å². The minimum absolute atomic E-state index is 0.573. The molecule has 1 unspecified atom stereocenters. The third kappa shape index (κ3) is 4.26. The van der Waals surface area contributed by atoms with Gasteiger partial charge in [0.2, 0.25) is 0 Å². The van der Waals surface area contributed by atoms with Crippen molar-refractivity contribution in [2.45, 2.75) is 13.5 Å². The first-order valence-electron chi connectivity index (χ1n) is 8.80. The largest absolute Gasteiger partial charge is 0.380 e. The smallest absolute Gasteiger partial charge is 0.0593 e. The maximum Gasteiger partial charge on any atom is 0.0593 e. The fourth-order valence-electron chi connectivity index (χ4n) is 3.57. The molecule has 1 aromatic heterocycles. The Balaban J connectivity index is 1.74. The second-order valence-corrected chi connectivity index (χ2v) is 7.09. The van der Waals surface area contributed by atoms with E-state index in [1.807, 2.05) is 0 Å². The molecule has 2 aromatic rings. The van der Waals surface area contributed by atoms with Crippen LogP contribution in [0.3, 0.4) is 0 Å². The fraction of sp³-hybridized carbons (Fsp3) is 0.500. The number of ether oxygens (including phenoxy) is 1. The van der Waals surface area contributed by atoms with Gasteiger partial charge in [-0.2, -0.15) is 0 Å². The zero-order chi connectivity index (χ0) is 16.9. The lowest BCUT2D eigenvalue weighted by molar-refractivity contribution is 0.112. The molecule has 1 atom stereocenters. The summed E-state index contributed by atoms with van der Waals surface area (Å²) in [4.78, 5) is 4.79. The summed E-state index contributed by atoms with van der Waals surface area (Å²) in [6, 6.07) is 13.0. The van der Waals surface area contributed by atoms with Crippen molar-refractivity contribution in [2.75, 3.05) is 46.9 Å². The Kier molecular flexibility index (Phi) is 5.72. The van der Waals surface area contributed by atoms with Gasteiger partial charge in [-0.15, -0.1) is 0 Å². The second kappa shape index (κ2) is 7.97. The van der Waals surface area contributed by atoms with Crippen LogP contribution in [-0.2, 0) is 11.3 Å². The third-order valence-electron chi connectivity index (χ3n) is 4.64. The molecule has 0 aliphatic carbocycles. The standard InChI is InChI=1S/C20H29N3O/c1-17-7-4-5-9-20(17)23-10-6-8-19(23)15-22-11-12-24-16-18(14-22)13-21(2)3/h4-10,18H,11-16H2,1-3H3. The van der Waals surface area contributed by atoms with Crippen LogP contribution in [0.4, 0.5) is 0 Å². The Morgan fingerprint density at radius 2 is 2.00 bits per heavy atom. The molecule has 1 saturated heterocycles. The van der Waals surface area contributed by atoms with Crippen LogP contribution in [0.1, 0.15) is 11.3 Å². The van der Waals surface area contributed by atoms with Crippen molar-refractivity contribution >= 4 is 0 Å². The van der Waals surface area contributed by atoms with E-state index in [4.69, 9.17) is 4.74 Å². The molecule has 1 aromatic carbocycles. The summed E-state index contributed by atoms with van der Waals surface area (Å²) in [6.07, 6.45) is 2.17. The number of hydrogen-bond donors (Lipinski definition) is 0. The summed E-state index contributed by atoms with van der Waals surface area (Å²) in [7, 11) is 4.27. The molecular weight excluding hydrogens is 298 g/mol. The van der Waals surface area contributed by atoms with E-state index in [9.17, 15) is 0 Å². The quantitative estimate of drug-likeness (QED) is 0.842. The first-order valence-corrected chi connectivity index (χ1v) is 8.80. The third-order valence-corrected chi connectivity index (χ3v) is 4.64. The molecule has 0 spiro atoms. The highest BCUT2D eigenvalue weighted by atomic mass is 16.5. The predicted octanol–water partition coefficient (Wildman–Crippen LogP) is 2.80. The van der Waals surface area contributed by atoms with E-state index in [0.717, 1.165) is 39.4 Å². The molecule has 1 aliphatic rings. The Morgan fingerprint density at radius 1 is 1.17 bits per heavy atom. The van der Waals surface area contributed by atoms with Gasteiger partial charge in [0, 0.05) is 49.7 Å². The highest BCUT2D eigenvalue weighted by Crippen LogP contribution is 2.19. The molecule has 24 heavy (non-hydrogen) atoms. The van der Waals surface area contributed by atoms with Crippen LogP contribution >= 0.6 is 0 Å². The summed E-state index contributed by atoms with van der Waals surface area (Å²) in [5, 5.41) is 0. The van der Waals surface area contributed by atoms with Crippen LogP contribution in [-0.4, -0.2) is 61.3 Å². The van der Waals surface area contributed by atoms with Crippen molar-refractivity contribution in [2.24, 2.45) is 5.92 Å². The normalized spacial score (nSPS) is 19.6. The molecule has 0 bridgehead atoms. The van der Waals surface area contributed by atoms with Crippen LogP contribution in [0.2, 0.25) is 0 Å². The van der Waals surface area contributed by atoms with Crippen molar-refractivity contribution in [1.29, 1.82) is 0 Å². The van der Waals surface area contributed by atoms with E-state index >= 15 is 0 Å². The van der Waals surface area contributed by atoms with Crippen molar-refractivity contribution in [1.82, 2.24) is 14.4 Å². The highest BCUT2D eigenvalue weighted by molar-refractivity contribution is 5.42. The average Bonchev–Trinajstić information content (AvgIpc) is 2.87. The van der Waals surface area contributed by atoms with Gasteiger partial charge in [-0.05, 0) is 44.8 Å². The van der Waals surface area contributed by atoms with E-state index in [0.29, 0.717) is 5.92 Å². The molecule has 3 rings (SSSR count). The molecular formula is C20H29N3O. The van der Waals surface area contributed by atoms with Gasteiger partial charge in [-0.25, -0.2) is 0 Å². The molecule has 1 fully saturated rings. The zero-order valence-electron chi connectivity index (χ0n) is 15.1. The van der Waals surface area contributed by atoms with E-state index < -0.39 is 0 Å². The predicted molar refractivity (Wildman–Crippen MR) is 98.6 cm³/mol. The zero-order valence-corrected chi connectivity index (χ0v) is 15.1. The van der Waals surface area contributed by atoms with Crippen LogP contribution in [0.15, 0.2) is 42.6 Å². The first kappa shape index (κ1) is 17.2. The van der Waals surface area contributed by atoms with Gasteiger partial charge in [0.05, 0.1) is 13.2 Å². The number of benzene rings is 1. The minimum atomic E-state index is 0.573. The van der Waals surface area contributed by atoms with Gasteiger partial charge in [0.15, 0.2) is 0 Å². The Hall–Kier alpha value is -1.62. The summed E-state index contributed by atoms with van der Waals surface area (Å²) in [6.45, 7) is 8.01. The van der Waals surface area contributed by atoms with E-state index in [2.05, 4.69) is 78.0 Å². The van der Waals surface area contributed by atoms with Crippen LogP contribution in [0.25, 0.3) is 5.69 Å². The Bertz CT molecular complexity index is 650. The van der Waals surface area contributed by atoms with E-state index in [1.165, 1.54) is 16.9 Å². The number of aryl methyl sites for hydroxylation is 1. The van der Waals surface area contributed by atoms with Crippen LogP contribution < -0.4 is 0 Å². The lowest BCUT2D eigenvalue weighted by Crippen LogP contribution is -2.34. The molecule has 1 aliphatic heterocycles. The van der Waals surface area contributed by atoms with Crippen molar-refractivity contribution < 1.29 is 4.74 Å². The number of hydrogen-bond acceptors (Lipinski definition) is 3. The summed E-state index contributed by atoms with van der Waals surface area (Å²) in [5.74, 6) is 0.573. The van der Waals surface area contributed by atoms with Gasteiger partial charge in [-0.3, -0.25) is 4.90 Å². The minimum Gasteiger partial charge on any atom is -0.380 e. The van der Waals surface area contributed by atoms with E-state index in [1.54, 1.807) is 0 Å². The monoisotopic (exact) mass is 327 g/mol. The molecule has 4 nitrogen and oxygen atoms in total. The van der Waals surface area contributed by atoms with Gasteiger partial charge in [0.25, 0.3) is 0 Å². The number of aromatic nitrogens is 1. The van der Waals surface area contributed by atoms with Crippen molar-refractivity contribution in [3.8, 4) is 5.69 Å². The molecule has 4 heteroatoms. The molecule has 0 radical (unpaired) electrons. The van der Waals surface area contributed by atoms with Crippen molar-refractivity contribution in [3.63, 3.8) is 0 Å². The van der Waals surface area contributed by atoms with Gasteiger partial charge >= 0.3 is 0 Å². The van der Waals surface area contributed by atoms with Gasteiger partial charge in [0.1, 0.15) is 0 Å². The molecule has 0 N–H and O–H groups in total. The molecule has 2 heterocycles. The number of para-hydroxylation sites is 1. The lowest BCUT2D eigenvalue weighted by Gasteiger charge is -2.26. The van der Waals surface area contributed by atoms with Crippen LogP contribution in [0, 0.1) is 12.8 Å². The number of rotatable bonds is 5. The number of nitrogens with zero attached hydrogens (tertiary/aromatic N) is 3. The molecule has 130 valence electrons. The maximum atomic E-state index is 5.82. The highest BCUT2D eigenvalue weighted by Gasteiger charge is 2.20. The van der Waals surface area contributed by atoms with Crippen molar-refractivity contribution in [3.05, 3.63) is 53.9 Å². The van der Waals surface area contributed by atoms with Gasteiger partial charge < -0.3 is 14.2 Å². The SMILES string of the molecule is Cc1ccccc1-n1cccc1CN1CCOCC(CN(C)C)C1. The fourth-order valence-corrected chi connectivity index (χ4v) is 3.57. The lowest BCUT2D eigenvalue weighted by atomic mass is 10.1. The summed E-state index contributed by atoms with van der Waals surface area (Å²) in [5.41, 5.74) is 3.92. The van der Waals surface area contributed by atoms with Gasteiger partial charge in [-0.1, -0.05) is 18.2 Å². The summed E-state index contributed by atoms with van der Waals surface area (Å²) < 4.78 is 8.14. The molecule has 0 amide bonds. The molecule has 0 saturated carbocycles. The topological polar surface area (TPSA) is 20.6 Å². The maximum absolute atomic E-state index is 5.82.